The lowest BCUT2D eigenvalue weighted by Crippen LogP contribution is -2.37. The molecule has 1 unspecified atom stereocenters. The van der Waals surface area contributed by atoms with E-state index in [0.29, 0.717) is 21.9 Å². The summed E-state index contributed by atoms with van der Waals surface area (Å²) in [6.45, 7) is 0. The number of pyridine rings is 1. The van der Waals surface area contributed by atoms with Gasteiger partial charge in [-0.05, 0) is 64.7 Å². The van der Waals surface area contributed by atoms with Gasteiger partial charge < -0.3 is 5.02 Å². The first-order chi connectivity index (χ1) is 23.2. The molecule has 1 aromatic heterocycles. The predicted octanol–water partition coefficient (Wildman–Crippen LogP) is 7.97. The van der Waals surface area contributed by atoms with Crippen molar-refractivity contribution in [2.45, 2.75) is 0 Å². The summed E-state index contributed by atoms with van der Waals surface area (Å²) in [6, 6.07) is 57.7. The summed E-state index contributed by atoms with van der Waals surface area (Å²) in [5.74, 6) is 0. The Bertz CT molecular complexity index is 2260. The number of anilines is 2. The van der Waals surface area contributed by atoms with E-state index in [1.54, 1.807) is 0 Å². The maximum atomic E-state index is 16.9. The lowest BCUT2D eigenvalue weighted by Gasteiger charge is -2.40. The molecule has 1 aliphatic heterocycles. The van der Waals surface area contributed by atoms with Gasteiger partial charge >= 0.3 is 7.48 Å². The average molecular weight is 621 g/mol. The van der Waals surface area contributed by atoms with Gasteiger partial charge in [-0.25, -0.2) is 4.98 Å². The lowest BCUT2D eigenvalue weighted by molar-refractivity contribution is 0.586. The van der Waals surface area contributed by atoms with Crippen molar-refractivity contribution in [2.75, 3.05) is 4.67 Å². The van der Waals surface area contributed by atoms with Crippen molar-refractivity contribution in [1.82, 2.24) is 4.98 Å². The van der Waals surface area contributed by atoms with Crippen molar-refractivity contribution in [1.29, 1.82) is 0 Å². The van der Waals surface area contributed by atoms with Crippen molar-refractivity contribution in [3.63, 3.8) is 0 Å². The first kappa shape index (κ1) is 28.8. The average Bonchev–Trinajstić information content (AvgIpc) is 3.15. The van der Waals surface area contributed by atoms with Crippen LogP contribution in [0.25, 0.3) is 44.6 Å². The molecule has 7 aromatic rings. The van der Waals surface area contributed by atoms with Gasteiger partial charge in [-0.3, -0.25) is 9.24 Å². The fourth-order valence-electron chi connectivity index (χ4n) is 6.47. The van der Waals surface area contributed by atoms with Gasteiger partial charge in [-0.15, -0.1) is 0 Å². The molecule has 2 heterocycles. The van der Waals surface area contributed by atoms with E-state index < -0.39 is 7.29 Å². The Hall–Kier alpha value is -5.66. The predicted molar refractivity (Wildman–Crippen MR) is 193 cm³/mol. The Balaban J connectivity index is 1.58. The van der Waals surface area contributed by atoms with Gasteiger partial charge in [0.2, 0.25) is 0 Å². The zero-order chi connectivity index (χ0) is 31.8. The maximum Gasteiger partial charge on any atom is 0.326 e. The molecule has 0 saturated carbocycles. The van der Waals surface area contributed by atoms with Crippen molar-refractivity contribution < 1.29 is 9.59 Å². The molecule has 0 amide bonds. The van der Waals surface area contributed by atoms with Gasteiger partial charge in [0, 0.05) is 27.7 Å². The maximum absolute atomic E-state index is 16.9. The molecule has 47 heavy (non-hydrogen) atoms. The van der Waals surface area contributed by atoms with Gasteiger partial charge in [0.05, 0.1) is 11.4 Å². The Morgan fingerprint density at radius 3 is 2.02 bits per heavy atom. The zero-order valence-electron chi connectivity index (χ0n) is 25.3. The molecule has 1 aliphatic rings. The summed E-state index contributed by atoms with van der Waals surface area (Å²) in [5, 5.41) is 10.8. The van der Waals surface area contributed by atoms with Crippen molar-refractivity contribution in [2.24, 2.45) is 0 Å². The van der Waals surface area contributed by atoms with E-state index in [4.69, 9.17) is 4.98 Å². The van der Waals surface area contributed by atoms with Crippen LogP contribution in [0.2, 0.25) is 0 Å². The van der Waals surface area contributed by atoms with E-state index in [0.717, 1.165) is 57.8 Å². The summed E-state index contributed by atoms with van der Waals surface area (Å²) in [7, 11) is -2.83. The molecule has 0 spiro atoms. The van der Waals surface area contributed by atoms with Crippen LogP contribution in [0.4, 0.5) is 11.4 Å². The largest absolute Gasteiger partial charge is 0.450 e. The van der Waals surface area contributed by atoms with Crippen LogP contribution in [0.5, 0.6) is 0 Å². The molecule has 6 heteroatoms. The summed E-state index contributed by atoms with van der Waals surface area (Å²) in [5.41, 5.74) is 9.50. The van der Waals surface area contributed by atoms with E-state index in [9.17, 15) is 5.02 Å². The van der Waals surface area contributed by atoms with Crippen molar-refractivity contribution in [3.8, 4) is 44.6 Å². The molecule has 0 bridgehead atoms. The van der Waals surface area contributed by atoms with Crippen LogP contribution in [-0.2, 0) is 4.57 Å². The number of hydrogen-bond donors (Lipinski definition) is 1. The van der Waals surface area contributed by atoms with E-state index in [2.05, 4.69) is 36.4 Å². The number of rotatable bonds is 6. The third-order valence-corrected chi connectivity index (χ3v) is 11.5. The van der Waals surface area contributed by atoms with Gasteiger partial charge in [-0.1, -0.05) is 133 Å². The van der Waals surface area contributed by atoms with Gasteiger partial charge in [0.15, 0.2) is 0 Å². The molecule has 0 fully saturated rings. The highest BCUT2D eigenvalue weighted by Gasteiger charge is 2.46. The van der Waals surface area contributed by atoms with Crippen LogP contribution in [-0.4, -0.2) is 17.5 Å². The van der Waals surface area contributed by atoms with E-state index in [-0.39, 0.29) is 0 Å². The number of aromatic nitrogens is 1. The first-order valence-corrected chi connectivity index (χ1v) is 17.0. The SMILES string of the molecule is O=P1(c2nc(-c3ccccc3)cc(-c3ccccc3)c2-c2cc#ccc2)c2cc([B]O)ccc2-c2ccccc2N1c1ccccc1. The smallest absolute Gasteiger partial charge is 0.326 e. The fourth-order valence-corrected chi connectivity index (χ4v) is 9.68. The highest BCUT2D eigenvalue weighted by Crippen LogP contribution is 2.62. The number of nitrogens with zero attached hydrogens (tertiary/aromatic N) is 2. The Morgan fingerprint density at radius 2 is 1.32 bits per heavy atom. The topological polar surface area (TPSA) is 53.4 Å². The Morgan fingerprint density at radius 1 is 0.638 bits per heavy atom. The molecule has 1 atom stereocenters. The molecule has 1 radical (unpaired) electrons. The van der Waals surface area contributed by atoms with Crippen LogP contribution < -0.4 is 20.9 Å². The normalized spacial score (nSPS) is 14.9. The summed E-state index contributed by atoms with van der Waals surface area (Å²) < 4.78 is 18.9. The second kappa shape index (κ2) is 11.9. The number of benzene rings is 5. The molecular weight excluding hydrogens is 594 g/mol. The second-order valence-electron chi connectivity index (χ2n) is 11.4. The van der Waals surface area contributed by atoms with Gasteiger partial charge in [0.1, 0.15) is 5.44 Å². The summed E-state index contributed by atoms with van der Waals surface area (Å²) in [4.78, 5) is 5.40. The minimum Gasteiger partial charge on any atom is -0.450 e. The molecule has 0 aliphatic carbocycles. The van der Waals surface area contributed by atoms with Crippen molar-refractivity contribution >= 4 is 42.4 Å². The van der Waals surface area contributed by atoms with E-state index in [1.165, 1.54) is 0 Å². The quantitative estimate of drug-likeness (QED) is 0.151. The summed E-state index contributed by atoms with van der Waals surface area (Å²) in [6.07, 6.45) is 0. The van der Waals surface area contributed by atoms with Gasteiger partial charge in [-0.2, -0.15) is 0 Å². The van der Waals surface area contributed by atoms with Crippen LogP contribution >= 0.6 is 7.29 Å². The minimum absolute atomic E-state index is 0.451. The molecule has 4 nitrogen and oxygen atoms in total. The highest BCUT2D eigenvalue weighted by molar-refractivity contribution is 7.81. The van der Waals surface area contributed by atoms with Crippen LogP contribution in [0.3, 0.4) is 0 Å². The Kier molecular flexibility index (Phi) is 7.31. The minimum atomic E-state index is -3.89. The second-order valence-corrected chi connectivity index (χ2v) is 13.8. The zero-order valence-corrected chi connectivity index (χ0v) is 26.2. The van der Waals surface area contributed by atoms with Gasteiger partial charge in [0.25, 0.3) is 7.29 Å². The third kappa shape index (κ3) is 4.87. The lowest BCUT2D eigenvalue weighted by atomic mass is 9.87. The monoisotopic (exact) mass is 621 g/mol. The molecular formula is C41H27BN2O2P. The molecule has 0 saturated heterocycles. The van der Waals surface area contributed by atoms with Crippen LogP contribution in [0.1, 0.15) is 0 Å². The number of hydrogen-bond acceptors (Lipinski definition) is 3. The molecule has 1 N–H and O–H groups in total. The standard InChI is InChI=1S/C41H27BN2O2P/c45-42-32-25-26-35-34-23-13-14-24-38(34)44(33-21-11-4-12-22-33)47(46,39(35)27-32)41-40(31-19-9-3-10-20-31)36(29-15-5-1-6-16-29)28-37(43-41)30-17-7-2-8-18-30/h1-2,4-9,11-28,45H. The first-order valence-electron chi connectivity index (χ1n) is 15.4. The van der Waals surface area contributed by atoms with Crippen molar-refractivity contribution in [3.05, 3.63) is 170 Å². The van der Waals surface area contributed by atoms with E-state index >= 15 is 4.57 Å². The van der Waals surface area contributed by atoms with E-state index in [1.807, 2.05) is 138 Å². The molecule has 221 valence electrons. The third-order valence-electron chi connectivity index (χ3n) is 8.59. The molecule has 6 aromatic carbocycles. The molecule has 8 rings (SSSR count). The Labute approximate surface area is 275 Å². The van der Waals surface area contributed by atoms with Crippen LogP contribution in [0, 0.1) is 12.1 Å². The van der Waals surface area contributed by atoms with Crippen LogP contribution in [0.15, 0.2) is 158 Å². The number of para-hydroxylation sites is 2. The summed E-state index contributed by atoms with van der Waals surface area (Å²) >= 11 is 0. The number of fused-ring (bicyclic) bond motifs is 3. The highest BCUT2D eigenvalue weighted by atomic mass is 31.2. The fraction of sp³-hybridized carbons (Fsp3) is 0.